The van der Waals surface area contributed by atoms with E-state index in [0.29, 0.717) is 34.2 Å². The van der Waals surface area contributed by atoms with Crippen LogP contribution in [0.2, 0.25) is 0 Å². The third kappa shape index (κ3) is 4.58. The molecule has 3 rings (SSSR count). The average molecular weight is 406 g/mol. The number of anilines is 1. The first-order valence-electron chi connectivity index (χ1n) is 8.13. The van der Waals surface area contributed by atoms with Gasteiger partial charge in [0.25, 0.3) is 0 Å². The molecule has 0 fully saturated rings. The Morgan fingerprint density at radius 3 is 2.56 bits per heavy atom. The molecule has 1 amide bonds. The summed E-state index contributed by atoms with van der Waals surface area (Å²) in [6.45, 7) is 2.67. The highest BCUT2D eigenvalue weighted by atomic mass is 32.2. The molecule has 2 heterocycles. The van der Waals surface area contributed by atoms with E-state index in [9.17, 15) is 4.79 Å². The number of nitrogens with one attached hydrogen (secondary N) is 1. The number of nitrogens with zero attached hydrogens (tertiary/aromatic N) is 4. The molecule has 0 bridgehead atoms. The lowest BCUT2D eigenvalue weighted by molar-refractivity contribution is -0.113. The zero-order valence-corrected chi connectivity index (χ0v) is 16.8. The van der Waals surface area contributed by atoms with Crippen LogP contribution < -0.4 is 14.8 Å². The lowest BCUT2D eigenvalue weighted by Gasteiger charge is -2.10. The van der Waals surface area contributed by atoms with Crippen molar-refractivity contribution in [2.24, 2.45) is 0 Å². The summed E-state index contributed by atoms with van der Waals surface area (Å²) in [5.74, 6) is 2.13. The molecular weight excluding hydrogens is 386 g/mol. The fourth-order valence-corrected chi connectivity index (χ4v) is 3.75. The Balaban J connectivity index is 1.77. The number of benzene rings is 1. The van der Waals surface area contributed by atoms with E-state index < -0.39 is 0 Å². The van der Waals surface area contributed by atoms with E-state index in [1.165, 1.54) is 23.1 Å². The quantitative estimate of drug-likeness (QED) is 0.576. The van der Waals surface area contributed by atoms with Gasteiger partial charge in [-0.3, -0.25) is 4.79 Å². The molecule has 27 heavy (non-hydrogen) atoms. The van der Waals surface area contributed by atoms with Gasteiger partial charge in [-0.15, -0.1) is 21.5 Å². The molecule has 0 aliphatic carbocycles. The summed E-state index contributed by atoms with van der Waals surface area (Å²) >= 11 is 2.71. The number of thioether (sulfide) groups is 1. The van der Waals surface area contributed by atoms with Crippen molar-refractivity contribution >= 4 is 34.1 Å². The molecule has 0 aliphatic heterocycles. The zero-order valence-electron chi connectivity index (χ0n) is 15.1. The van der Waals surface area contributed by atoms with Crippen LogP contribution in [0.1, 0.15) is 6.92 Å². The van der Waals surface area contributed by atoms with Gasteiger partial charge in [0, 0.05) is 29.8 Å². The second-order valence-corrected chi connectivity index (χ2v) is 7.16. The van der Waals surface area contributed by atoms with Gasteiger partial charge >= 0.3 is 0 Å². The van der Waals surface area contributed by atoms with E-state index in [4.69, 9.17) is 9.47 Å². The summed E-state index contributed by atoms with van der Waals surface area (Å²) < 4.78 is 12.6. The van der Waals surface area contributed by atoms with Crippen molar-refractivity contribution in [1.82, 2.24) is 19.7 Å². The predicted molar refractivity (Wildman–Crippen MR) is 106 cm³/mol. The summed E-state index contributed by atoms with van der Waals surface area (Å²) in [7, 11) is 3.21. The van der Waals surface area contributed by atoms with Crippen molar-refractivity contribution < 1.29 is 14.3 Å². The van der Waals surface area contributed by atoms with Crippen LogP contribution in [0.5, 0.6) is 11.5 Å². The molecular formula is C17H19N5O3S2. The van der Waals surface area contributed by atoms with Crippen LogP contribution in [0.25, 0.3) is 11.4 Å². The molecule has 0 atom stereocenters. The molecule has 1 N–H and O–H groups in total. The van der Waals surface area contributed by atoms with E-state index in [1.54, 1.807) is 26.5 Å². The first kappa shape index (κ1) is 19.2. The third-order valence-corrected chi connectivity index (χ3v) is 5.31. The maximum Gasteiger partial charge on any atom is 0.236 e. The molecule has 10 heteroatoms. The van der Waals surface area contributed by atoms with Gasteiger partial charge in [-0.1, -0.05) is 11.8 Å². The van der Waals surface area contributed by atoms with Crippen LogP contribution in [0, 0.1) is 0 Å². The highest BCUT2D eigenvalue weighted by Gasteiger charge is 2.16. The van der Waals surface area contributed by atoms with Crippen LogP contribution in [0.4, 0.5) is 5.13 Å². The number of methoxy groups -OCH3 is 2. The highest BCUT2D eigenvalue weighted by molar-refractivity contribution is 7.99. The fourth-order valence-electron chi connectivity index (χ4n) is 2.40. The molecule has 0 spiro atoms. The molecule has 2 aromatic heterocycles. The standard InChI is InChI=1S/C17H19N5O3S2/c1-4-22-15(11-7-12(24-2)9-13(8-11)25-3)20-21-17(22)27-10-14(23)19-16-18-5-6-26-16/h5-9H,4,10H2,1-3H3,(H,18,19,23). The SMILES string of the molecule is CCn1c(SCC(=O)Nc2nccs2)nnc1-c1cc(OC)cc(OC)c1. The lowest BCUT2D eigenvalue weighted by Crippen LogP contribution is -2.14. The monoisotopic (exact) mass is 405 g/mol. The number of hydrogen-bond acceptors (Lipinski definition) is 8. The zero-order chi connectivity index (χ0) is 19.2. The van der Waals surface area contributed by atoms with E-state index in [-0.39, 0.29) is 11.7 Å². The number of amides is 1. The molecule has 0 radical (unpaired) electrons. The van der Waals surface area contributed by atoms with Gasteiger partial charge in [-0.25, -0.2) is 4.98 Å². The van der Waals surface area contributed by atoms with Crippen LogP contribution in [0.15, 0.2) is 34.9 Å². The van der Waals surface area contributed by atoms with E-state index >= 15 is 0 Å². The Morgan fingerprint density at radius 2 is 1.96 bits per heavy atom. The second-order valence-electron chi connectivity index (χ2n) is 5.33. The summed E-state index contributed by atoms with van der Waals surface area (Å²) in [4.78, 5) is 16.1. The molecule has 0 saturated heterocycles. The predicted octanol–water partition coefficient (Wildman–Crippen LogP) is 3.17. The van der Waals surface area contributed by atoms with Gasteiger partial charge in [0.15, 0.2) is 16.1 Å². The number of thiazole rings is 1. The highest BCUT2D eigenvalue weighted by Crippen LogP contribution is 2.30. The van der Waals surface area contributed by atoms with E-state index in [2.05, 4.69) is 20.5 Å². The lowest BCUT2D eigenvalue weighted by atomic mass is 10.2. The van der Waals surface area contributed by atoms with Crippen molar-refractivity contribution in [2.45, 2.75) is 18.6 Å². The van der Waals surface area contributed by atoms with Crippen LogP contribution >= 0.6 is 23.1 Å². The van der Waals surface area contributed by atoms with Crippen molar-refractivity contribution in [1.29, 1.82) is 0 Å². The first-order chi connectivity index (χ1) is 13.1. The molecule has 8 nitrogen and oxygen atoms in total. The molecule has 0 unspecified atom stereocenters. The topological polar surface area (TPSA) is 91.2 Å². The van der Waals surface area contributed by atoms with Crippen LogP contribution in [-0.2, 0) is 11.3 Å². The van der Waals surface area contributed by atoms with Gasteiger partial charge in [0.05, 0.1) is 20.0 Å². The Kier molecular flexibility index (Phi) is 6.30. The molecule has 0 aliphatic rings. The summed E-state index contributed by atoms with van der Waals surface area (Å²) in [5.41, 5.74) is 0.833. The van der Waals surface area contributed by atoms with Gasteiger partial charge in [0.1, 0.15) is 11.5 Å². The largest absolute Gasteiger partial charge is 0.497 e. The van der Waals surface area contributed by atoms with E-state index in [0.717, 1.165) is 5.56 Å². The number of carbonyl (C=O) groups excluding carboxylic acids is 1. The normalized spacial score (nSPS) is 10.6. The second kappa shape index (κ2) is 8.87. The third-order valence-electron chi connectivity index (χ3n) is 3.65. The first-order valence-corrected chi connectivity index (χ1v) is 10.00. The van der Waals surface area contributed by atoms with Crippen molar-refractivity contribution in [3.8, 4) is 22.9 Å². The van der Waals surface area contributed by atoms with Gasteiger partial charge in [-0.2, -0.15) is 0 Å². The van der Waals surface area contributed by atoms with Crippen LogP contribution in [-0.4, -0.2) is 45.6 Å². The maximum atomic E-state index is 12.1. The maximum absolute atomic E-state index is 12.1. The van der Waals surface area contributed by atoms with Crippen molar-refractivity contribution in [3.63, 3.8) is 0 Å². The minimum atomic E-state index is -0.134. The summed E-state index contributed by atoms with van der Waals surface area (Å²) in [6.07, 6.45) is 1.65. The van der Waals surface area contributed by atoms with E-state index in [1.807, 2.05) is 29.0 Å². The van der Waals surface area contributed by atoms with Crippen LogP contribution in [0.3, 0.4) is 0 Å². The average Bonchev–Trinajstić information content (AvgIpc) is 3.35. The molecule has 1 aromatic carbocycles. The number of carbonyl (C=O) groups is 1. The number of hydrogen-bond donors (Lipinski definition) is 1. The van der Waals surface area contributed by atoms with Gasteiger partial charge in [0.2, 0.25) is 5.91 Å². The smallest absolute Gasteiger partial charge is 0.236 e. The minimum Gasteiger partial charge on any atom is -0.497 e. The summed E-state index contributed by atoms with van der Waals surface area (Å²) in [5, 5.41) is 14.4. The molecule has 3 aromatic rings. The Morgan fingerprint density at radius 1 is 1.22 bits per heavy atom. The summed E-state index contributed by atoms with van der Waals surface area (Å²) in [6, 6.07) is 5.55. The Labute approximate surface area is 164 Å². The Hall–Kier alpha value is -2.59. The number of aromatic nitrogens is 4. The molecule has 0 saturated carbocycles. The number of rotatable bonds is 8. The molecule has 142 valence electrons. The Bertz CT molecular complexity index is 889. The minimum absolute atomic E-state index is 0.134. The van der Waals surface area contributed by atoms with Crippen molar-refractivity contribution in [2.75, 3.05) is 25.3 Å². The van der Waals surface area contributed by atoms with Gasteiger partial charge in [-0.05, 0) is 19.1 Å². The number of ether oxygens (including phenoxy) is 2. The van der Waals surface area contributed by atoms with Crippen molar-refractivity contribution in [3.05, 3.63) is 29.8 Å². The fraction of sp³-hybridized carbons (Fsp3) is 0.294. The van der Waals surface area contributed by atoms with Gasteiger partial charge < -0.3 is 19.4 Å².